The zero-order valence-corrected chi connectivity index (χ0v) is 13.4. The lowest BCUT2D eigenvalue weighted by molar-refractivity contribution is -0.144. The van der Waals surface area contributed by atoms with Crippen molar-refractivity contribution >= 4 is 22.3 Å². The molecule has 0 unspecified atom stereocenters. The van der Waals surface area contributed by atoms with Gasteiger partial charge in [0.1, 0.15) is 12.6 Å². The van der Waals surface area contributed by atoms with Crippen LogP contribution in [-0.2, 0) is 31.1 Å². The number of carbonyl (C=O) groups is 2. The number of hydrogen-bond acceptors (Lipinski definition) is 6. The van der Waals surface area contributed by atoms with Gasteiger partial charge < -0.3 is 9.47 Å². The Labute approximate surface area is 134 Å². The topological polar surface area (TPSA) is 102 Å². The van der Waals surface area contributed by atoms with Crippen LogP contribution in [0, 0.1) is 0 Å². The average Bonchev–Trinajstić information content (AvgIpc) is 3.03. The molecule has 0 aliphatic carbocycles. The second-order valence-corrected chi connectivity index (χ2v) is 6.58. The van der Waals surface area contributed by atoms with E-state index in [4.69, 9.17) is 4.74 Å². The SMILES string of the molecule is COC(=O)[C@@H]1CCCN1S(=O)(=O)NC(=O)OCc1ccccc1. The minimum absolute atomic E-state index is 0.0530. The fourth-order valence-electron chi connectivity index (χ4n) is 2.32. The van der Waals surface area contributed by atoms with Crippen molar-refractivity contribution in [1.29, 1.82) is 0 Å². The first-order valence-corrected chi connectivity index (χ1v) is 8.46. The number of rotatable bonds is 5. The molecule has 126 valence electrons. The summed E-state index contributed by atoms with van der Waals surface area (Å²) in [5.41, 5.74) is 0.730. The Kier molecular flexibility index (Phi) is 5.56. The summed E-state index contributed by atoms with van der Waals surface area (Å²) in [6.45, 7) is 0.0870. The number of esters is 1. The third-order valence-electron chi connectivity index (χ3n) is 3.41. The largest absolute Gasteiger partial charge is 0.468 e. The van der Waals surface area contributed by atoms with Crippen molar-refractivity contribution in [2.45, 2.75) is 25.5 Å². The molecule has 1 aromatic carbocycles. The number of ether oxygens (including phenoxy) is 2. The molecule has 2 rings (SSSR count). The second-order valence-electron chi connectivity index (χ2n) is 4.96. The van der Waals surface area contributed by atoms with Gasteiger partial charge in [0.25, 0.3) is 0 Å². The lowest BCUT2D eigenvalue weighted by Crippen LogP contribution is -2.48. The average molecular weight is 342 g/mol. The van der Waals surface area contributed by atoms with E-state index in [1.807, 2.05) is 6.07 Å². The molecule has 0 saturated carbocycles. The van der Waals surface area contributed by atoms with Crippen LogP contribution >= 0.6 is 0 Å². The van der Waals surface area contributed by atoms with Crippen LogP contribution in [0.4, 0.5) is 4.79 Å². The lowest BCUT2D eigenvalue weighted by atomic mass is 10.2. The normalized spacial score (nSPS) is 18.4. The van der Waals surface area contributed by atoms with Gasteiger partial charge in [-0.25, -0.2) is 9.52 Å². The summed E-state index contributed by atoms with van der Waals surface area (Å²) in [5.74, 6) is -0.648. The van der Waals surface area contributed by atoms with Crippen molar-refractivity contribution < 1.29 is 27.5 Å². The van der Waals surface area contributed by atoms with Crippen LogP contribution in [-0.4, -0.2) is 44.5 Å². The van der Waals surface area contributed by atoms with E-state index in [1.54, 1.807) is 29.0 Å². The van der Waals surface area contributed by atoms with Gasteiger partial charge in [0.05, 0.1) is 7.11 Å². The standard InChI is InChI=1S/C14H18N2O6S/c1-21-13(17)12-8-5-9-16(12)23(19,20)15-14(18)22-10-11-6-3-2-4-7-11/h2-4,6-7,12H,5,8-10H2,1H3,(H,15,18)/t12-/m0/s1. The third-order valence-corrected chi connectivity index (χ3v) is 4.89. The minimum atomic E-state index is -4.16. The first-order chi connectivity index (χ1) is 10.9. The monoisotopic (exact) mass is 342 g/mol. The molecule has 8 nitrogen and oxygen atoms in total. The highest BCUT2D eigenvalue weighted by Crippen LogP contribution is 2.21. The molecular formula is C14H18N2O6S. The molecular weight excluding hydrogens is 324 g/mol. The number of amides is 1. The molecule has 1 fully saturated rings. The molecule has 0 radical (unpaired) electrons. The predicted octanol–water partition coefficient (Wildman–Crippen LogP) is 0.795. The lowest BCUT2D eigenvalue weighted by Gasteiger charge is -2.21. The quantitative estimate of drug-likeness (QED) is 0.794. The molecule has 23 heavy (non-hydrogen) atoms. The summed E-state index contributed by atoms with van der Waals surface area (Å²) < 4.78 is 36.6. The van der Waals surface area contributed by atoms with Gasteiger partial charge in [-0.2, -0.15) is 12.7 Å². The fourth-order valence-corrected chi connectivity index (χ4v) is 3.60. The van der Waals surface area contributed by atoms with Gasteiger partial charge in [0.2, 0.25) is 0 Å². The summed E-state index contributed by atoms with van der Waals surface area (Å²) in [6.07, 6.45) is -0.226. The Bertz CT molecular complexity index is 661. The fraction of sp³-hybridized carbons (Fsp3) is 0.429. The first kappa shape index (κ1) is 17.2. The van der Waals surface area contributed by atoms with Crippen molar-refractivity contribution in [2.75, 3.05) is 13.7 Å². The van der Waals surface area contributed by atoms with Crippen molar-refractivity contribution in [2.24, 2.45) is 0 Å². The van der Waals surface area contributed by atoms with Crippen molar-refractivity contribution in [1.82, 2.24) is 9.03 Å². The van der Waals surface area contributed by atoms with Crippen molar-refractivity contribution in [3.05, 3.63) is 35.9 Å². The number of carbonyl (C=O) groups excluding carboxylic acids is 2. The molecule has 0 bridgehead atoms. The summed E-state index contributed by atoms with van der Waals surface area (Å²) in [4.78, 5) is 23.3. The van der Waals surface area contributed by atoms with Gasteiger partial charge in [0.15, 0.2) is 0 Å². The maximum atomic E-state index is 12.2. The molecule has 1 amide bonds. The molecule has 1 saturated heterocycles. The maximum Gasteiger partial charge on any atom is 0.422 e. The highest BCUT2D eigenvalue weighted by Gasteiger charge is 2.40. The minimum Gasteiger partial charge on any atom is -0.468 e. The molecule has 0 aromatic heterocycles. The highest BCUT2D eigenvalue weighted by atomic mass is 32.2. The highest BCUT2D eigenvalue weighted by molar-refractivity contribution is 7.87. The Morgan fingerprint density at radius 1 is 1.30 bits per heavy atom. The first-order valence-electron chi connectivity index (χ1n) is 7.02. The van der Waals surface area contributed by atoms with Gasteiger partial charge in [0, 0.05) is 6.54 Å². The number of nitrogens with one attached hydrogen (secondary N) is 1. The Morgan fingerprint density at radius 3 is 2.65 bits per heavy atom. The van der Waals surface area contributed by atoms with E-state index in [0.717, 1.165) is 9.87 Å². The molecule has 1 N–H and O–H groups in total. The number of nitrogens with zero attached hydrogens (tertiary/aromatic N) is 1. The van der Waals surface area contributed by atoms with Crippen molar-refractivity contribution in [3.8, 4) is 0 Å². The Hall–Kier alpha value is -2.13. The van der Waals surface area contributed by atoms with E-state index in [9.17, 15) is 18.0 Å². The van der Waals surface area contributed by atoms with Gasteiger partial charge in [-0.05, 0) is 18.4 Å². The molecule has 1 heterocycles. The molecule has 1 aromatic rings. The maximum absolute atomic E-state index is 12.2. The van der Waals surface area contributed by atoms with Crippen LogP contribution in [0.1, 0.15) is 18.4 Å². The van der Waals surface area contributed by atoms with Crippen molar-refractivity contribution in [3.63, 3.8) is 0 Å². The Morgan fingerprint density at radius 2 is 2.00 bits per heavy atom. The van der Waals surface area contributed by atoms with Crippen LogP contribution < -0.4 is 4.72 Å². The second kappa shape index (κ2) is 7.42. The van der Waals surface area contributed by atoms with E-state index >= 15 is 0 Å². The smallest absolute Gasteiger partial charge is 0.422 e. The van der Waals surface area contributed by atoms with Crippen LogP contribution in [0.5, 0.6) is 0 Å². The van der Waals surface area contributed by atoms with E-state index in [-0.39, 0.29) is 13.2 Å². The summed E-state index contributed by atoms with van der Waals surface area (Å²) in [5, 5.41) is 0. The summed E-state index contributed by atoms with van der Waals surface area (Å²) in [7, 11) is -2.97. The van der Waals surface area contributed by atoms with Crippen LogP contribution in [0.15, 0.2) is 30.3 Å². The number of methoxy groups -OCH3 is 1. The van der Waals surface area contributed by atoms with Crippen LogP contribution in [0.3, 0.4) is 0 Å². The zero-order chi connectivity index (χ0) is 16.9. The summed E-state index contributed by atoms with van der Waals surface area (Å²) >= 11 is 0. The molecule has 1 aliphatic rings. The van der Waals surface area contributed by atoms with E-state index in [1.165, 1.54) is 7.11 Å². The van der Waals surface area contributed by atoms with Crippen LogP contribution in [0.25, 0.3) is 0 Å². The van der Waals surface area contributed by atoms with Gasteiger partial charge >= 0.3 is 22.3 Å². The number of benzene rings is 1. The van der Waals surface area contributed by atoms with E-state index in [0.29, 0.717) is 12.8 Å². The van der Waals surface area contributed by atoms with Gasteiger partial charge in [-0.3, -0.25) is 4.79 Å². The molecule has 0 spiro atoms. The van der Waals surface area contributed by atoms with Gasteiger partial charge in [-0.15, -0.1) is 0 Å². The Balaban J connectivity index is 1.94. The predicted molar refractivity (Wildman–Crippen MR) is 80.4 cm³/mol. The third kappa shape index (κ3) is 4.42. The van der Waals surface area contributed by atoms with Gasteiger partial charge in [-0.1, -0.05) is 30.3 Å². The van der Waals surface area contributed by atoms with Crippen LogP contribution in [0.2, 0.25) is 0 Å². The molecule has 9 heteroatoms. The molecule has 1 aliphatic heterocycles. The molecule has 1 atom stereocenters. The zero-order valence-electron chi connectivity index (χ0n) is 12.6. The van der Waals surface area contributed by atoms with E-state index in [2.05, 4.69) is 4.74 Å². The van der Waals surface area contributed by atoms with E-state index < -0.39 is 28.3 Å². The number of hydrogen-bond donors (Lipinski definition) is 1. The summed E-state index contributed by atoms with van der Waals surface area (Å²) in [6, 6.07) is 7.94.